The van der Waals surface area contributed by atoms with Crippen LogP contribution in [0.1, 0.15) is 44.1 Å². The normalized spacial score (nSPS) is 16.6. The van der Waals surface area contributed by atoms with Gasteiger partial charge >= 0.3 is 0 Å². The minimum Gasteiger partial charge on any atom is -0.373 e. The number of nitro benzene ring substituents is 1. The lowest BCUT2D eigenvalue weighted by molar-refractivity contribution is -0.384. The van der Waals surface area contributed by atoms with Crippen molar-refractivity contribution in [1.29, 1.82) is 0 Å². The van der Waals surface area contributed by atoms with E-state index in [0.717, 1.165) is 18.4 Å². The van der Waals surface area contributed by atoms with Crippen molar-refractivity contribution in [3.8, 4) is 0 Å². The predicted octanol–water partition coefficient (Wildman–Crippen LogP) is 3.12. The third-order valence-electron chi connectivity index (χ3n) is 3.75. The van der Waals surface area contributed by atoms with E-state index >= 15 is 0 Å². The van der Waals surface area contributed by atoms with Crippen LogP contribution in [0, 0.1) is 10.1 Å². The van der Waals surface area contributed by atoms with E-state index < -0.39 is 4.92 Å². The van der Waals surface area contributed by atoms with E-state index in [2.05, 4.69) is 5.43 Å². The lowest BCUT2D eigenvalue weighted by Gasteiger charge is -2.16. The Morgan fingerprint density at radius 3 is 2.60 bits per heavy atom. The van der Waals surface area contributed by atoms with Gasteiger partial charge in [0.2, 0.25) is 0 Å². The number of hydrazine groups is 1. The summed E-state index contributed by atoms with van der Waals surface area (Å²) in [7, 11) is 0. The first-order valence-corrected chi connectivity index (χ1v) is 7.07. The second-order valence-electron chi connectivity index (χ2n) is 5.14. The fourth-order valence-electron chi connectivity index (χ4n) is 2.64. The Kier molecular flexibility index (Phi) is 5.31. The lowest BCUT2D eigenvalue weighted by atomic mass is 10.1. The minimum absolute atomic E-state index is 0.0190. The van der Waals surface area contributed by atoms with Gasteiger partial charge in [0.05, 0.1) is 17.6 Å². The second-order valence-corrected chi connectivity index (χ2v) is 5.14. The number of rotatable bonds is 5. The molecule has 0 aliphatic heterocycles. The molecule has 0 bridgehead atoms. The number of nitro groups is 1. The summed E-state index contributed by atoms with van der Waals surface area (Å²) in [6.07, 6.45) is 7.32. The zero-order valence-corrected chi connectivity index (χ0v) is 11.5. The van der Waals surface area contributed by atoms with Crippen LogP contribution in [0.4, 0.5) is 11.4 Å². The van der Waals surface area contributed by atoms with E-state index in [4.69, 9.17) is 10.6 Å². The molecule has 0 saturated heterocycles. The molecule has 1 aliphatic rings. The number of nitrogens with one attached hydrogen (secondary N) is 1. The number of para-hydroxylation sites is 1. The first-order chi connectivity index (χ1) is 9.72. The average molecular weight is 279 g/mol. The summed E-state index contributed by atoms with van der Waals surface area (Å²) in [5, 5.41) is 11.0. The van der Waals surface area contributed by atoms with Crippen molar-refractivity contribution in [3.63, 3.8) is 0 Å². The van der Waals surface area contributed by atoms with Crippen LogP contribution in [0.15, 0.2) is 18.2 Å². The molecule has 1 fully saturated rings. The summed E-state index contributed by atoms with van der Waals surface area (Å²) >= 11 is 0. The summed E-state index contributed by atoms with van der Waals surface area (Å²) in [6, 6.07) is 4.90. The van der Waals surface area contributed by atoms with Crippen molar-refractivity contribution < 1.29 is 9.66 Å². The van der Waals surface area contributed by atoms with E-state index in [1.54, 1.807) is 12.1 Å². The molecule has 1 saturated carbocycles. The smallest absolute Gasteiger partial charge is 0.294 e. The molecular formula is C14H21N3O3. The molecule has 20 heavy (non-hydrogen) atoms. The zero-order valence-electron chi connectivity index (χ0n) is 11.5. The van der Waals surface area contributed by atoms with Crippen LogP contribution in [-0.4, -0.2) is 11.0 Å². The van der Waals surface area contributed by atoms with Gasteiger partial charge in [0, 0.05) is 11.6 Å². The molecule has 6 nitrogen and oxygen atoms in total. The first-order valence-electron chi connectivity index (χ1n) is 7.07. The summed E-state index contributed by atoms with van der Waals surface area (Å²) in [4.78, 5) is 10.5. The van der Waals surface area contributed by atoms with Crippen LogP contribution in [0.5, 0.6) is 0 Å². The zero-order chi connectivity index (χ0) is 14.4. The molecule has 3 N–H and O–H groups in total. The molecule has 0 radical (unpaired) electrons. The highest BCUT2D eigenvalue weighted by molar-refractivity contribution is 5.65. The van der Waals surface area contributed by atoms with Gasteiger partial charge in [0.1, 0.15) is 5.69 Å². The largest absolute Gasteiger partial charge is 0.373 e. The highest BCUT2D eigenvalue weighted by Crippen LogP contribution is 2.29. The first kappa shape index (κ1) is 14.7. The maximum Gasteiger partial charge on any atom is 0.294 e. The van der Waals surface area contributed by atoms with E-state index in [1.165, 1.54) is 31.7 Å². The summed E-state index contributed by atoms with van der Waals surface area (Å²) in [5.74, 6) is 5.41. The Morgan fingerprint density at radius 2 is 2.00 bits per heavy atom. The van der Waals surface area contributed by atoms with Crippen molar-refractivity contribution in [3.05, 3.63) is 33.9 Å². The average Bonchev–Trinajstić information content (AvgIpc) is 2.73. The minimum atomic E-state index is -0.440. The highest BCUT2D eigenvalue weighted by Gasteiger charge is 2.18. The van der Waals surface area contributed by atoms with Crippen molar-refractivity contribution >= 4 is 11.4 Å². The van der Waals surface area contributed by atoms with Gasteiger partial charge in [-0.2, -0.15) is 0 Å². The second kappa shape index (κ2) is 7.21. The standard InChI is InChI=1S/C14H21N3O3/c15-16-14-11(6-5-9-13(14)17(18)19)10-20-12-7-3-1-2-4-8-12/h5-6,9,12,16H,1-4,7-8,10,15H2. The van der Waals surface area contributed by atoms with E-state index in [-0.39, 0.29) is 11.8 Å². The number of nitrogen functional groups attached to an aromatic ring is 1. The van der Waals surface area contributed by atoms with Crippen LogP contribution in [0.25, 0.3) is 0 Å². The maximum absolute atomic E-state index is 11.0. The van der Waals surface area contributed by atoms with E-state index in [9.17, 15) is 10.1 Å². The number of benzene rings is 1. The predicted molar refractivity (Wildman–Crippen MR) is 77.2 cm³/mol. The quantitative estimate of drug-likeness (QED) is 0.374. The Hall–Kier alpha value is -1.66. The Balaban J connectivity index is 2.04. The topological polar surface area (TPSA) is 90.4 Å². The van der Waals surface area contributed by atoms with Crippen molar-refractivity contribution in [2.45, 2.75) is 51.2 Å². The molecule has 1 aromatic carbocycles. The lowest BCUT2D eigenvalue weighted by Crippen LogP contribution is -2.15. The molecule has 0 heterocycles. The molecule has 110 valence electrons. The fourth-order valence-corrected chi connectivity index (χ4v) is 2.64. The summed E-state index contributed by atoms with van der Waals surface area (Å²) in [5.41, 5.74) is 3.47. The number of anilines is 1. The maximum atomic E-state index is 11.0. The number of hydrogen-bond acceptors (Lipinski definition) is 5. The summed E-state index contributed by atoms with van der Waals surface area (Å²) in [6.45, 7) is 0.353. The molecule has 0 amide bonds. The molecule has 0 atom stereocenters. The number of ether oxygens (including phenoxy) is 1. The van der Waals surface area contributed by atoms with Gasteiger partial charge in [0.15, 0.2) is 0 Å². The fraction of sp³-hybridized carbons (Fsp3) is 0.571. The van der Waals surface area contributed by atoms with Crippen LogP contribution in [-0.2, 0) is 11.3 Å². The van der Waals surface area contributed by atoms with Gasteiger partial charge in [0.25, 0.3) is 5.69 Å². The Bertz CT molecular complexity index is 457. The van der Waals surface area contributed by atoms with Crippen LogP contribution < -0.4 is 11.3 Å². The van der Waals surface area contributed by atoms with Gasteiger partial charge in [-0.25, -0.2) is 0 Å². The molecule has 0 aromatic heterocycles. The van der Waals surface area contributed by atoms with Gasteiger partial charge in [-0.05, 0) is 12.8 Å². The van der Waals surface area contributed by atoms with Crippen LogP contribution in [0.3, 0.4) is 0 Å². The monoisotopic (exact) mass is 279 g/mol. The highest BCUT2D eigenvalue weighted by atomic mass is 16.6. The van der Waals surface area contributed by atoms with Crippen molar-refractivity contribution in [2.75, 3.05) is 5.43 Å². The van der Waals surface area contributed by atoms with Gasteiger partial charge in [-0.15, -0.1) is 0 Å². The Morgan fingerprint density at radius 1 is 1.30 bits per heavy atom. The van der Waals surface area contributed by atoms with E-state index in [1.807, 2.05) is 0 Å². The molecular weight excluding hydrogens is 258 g/mol. The van der Waals surface area contributed by atoms with Crippen LogP contribution in [0.2, 0.25) is 0 Å². The van der Waals surface area contributed by atoms with Crippen molar-refractivity contribution in [1.82, 2.24) is 0 Å². The number of hydrogen-bond donors (Lipinski definition) is 2. The molecule has 2 rings (SSSR count). The molecule has 6 heteroatoms. The third-order valence-corrected chi connectivity index (χ3v) is 3.75. The van der Waals surface area contributed by atoms with Crippen LogP contribution >= 0.6 is 0 Å². The summed E-state index contributed by atoms with van der Waals surface area (Å²) < 4.78 is 5.91. The molecule has 1 aliphatic carbocycles. The molecule has 0 spiro atoms. The SMILES string of the molecule is NNc1c(COC2CCCCCC2)cccc1[N+](=O)[O-]. The van der Waals surface area contributed by atoms with Gasteiger partial charge in [-0.1, -0.05) is 37.8 Å². The number of nitrogens with zero attached hydrogens (tertiary/aromatic N) is 1. The number of nitrogens with two attached hydrogens (primary N) is 1. The van der Waals surface area contributed by atoms with Crippen molar-refractivity contribution in [2.24, 2.45) is 5.84 Å². The molecule has 1 aromatic rings. The molecule has 0 unspecified atom stereocenters. The van der Waals surface area contributed by atoms with Gasteiger partial charge in [-0.3, -0.25) is 16.0 Å². The Labute approximate surface area is 118 Å². The third kappa shape index (κ3) is 3.68. The van der Waals surface area contributed by atoms with Gasteiger partial charge < -0.3 is 10.2 Å². The van der Waals surface area contributed by atoms with E-state index in [0.29, 0.717) is 12.3 Å².